The average Bonchev–Trinajstić information content (AvgIpc) is 2.40. The van der Waals surface area contributed by atoms with Crippen LogP contribution in [0.15, 0.2) is 30.3 Å². The Hall–Kier alpha value is -1.06. The number of hydrogen-bond acceptors (Lipinski definition) is 0. The summed E-state index contributed by atoms with van der Waals surface area (Å²) in [5, 5.41) is 0. The minimum atomic E-state index is -4.09. The zero-order chi connectivity index (χ0) is 13.2. The highest BCUT2D eigenvalue weighted by Gasteiger charge is 2.61. The van der Waals surface area contributed by atoms with Gasteiger partial charge in [-0.15, -0.1) is 0 Å². The van der Waals surface area contributed by atoms with E-state index in [2.05, 4.69) is 0 Å². The van der Waals surface area contributed by atoms with Crippen molar-refractivity contribution in [2.45, 2.75) is 43.9 Å². The lowest BCUT2D eigenvalue weighted by molar-refractivity contribution is -0.248. The Kier molecular flexibility index (Phi) is 3.64. The van der Waals surface area contributed by atoms with E-state index >= 15 is 0 Å². The van der Waals surface area contributed by atoms with E-state index in [0.29, 0.717) is 12.8 Å². The van der Waals surface area contributed by atoms with Crippen LogP contribution >= 0.6 is 0 Å². The second-order valence-electron chi connectivity index (χ2n) is 4.90. The normalized spacial score (nSPS) is 18.9. The minimum absolute atomic E-state index is 0.190. The highest BCUT2D eigenvalue weighted by Crippen LogP contribution is 2.50. The Morgan fingerprint density at radius 1 is 0.833 bits per heavy atom. The van der Waals surface area contributed by atoms with Crippen LogP contribution in [0.25, 0.3) is 0 Å². The summed E-state index contributed by atoms with van der Waals surface area (Å²) in [6.07, 6.45) is 2.48. The lowest BCUT2D eigenvalue weighted by Gasteiger charge is -2.35. The van der Waals surface area contributed by atoms with Crippen LogP contribution in [-0.2, 0) is 5.92 Å². The summed E-state index contributed by atoms with van der Waals surface area (Å²) in [5.41, 5.74) is -0.597. The number of halogens is 4. The van der Waals surface area contributed by atoms with Crippen molar-refractivity contribution in [3.05, 3.63) is 35.9 Å². The van der Waals surface area contributed by atoms with Gasteiger partial charge in [-0.05, 0) is 12.8 Å². The maximum Gasteiger partial charge on any atom is 0.335 e. The standard InChI is InChI=1S/C14H16F4/c15-13(16,11-7-3-1-4-8-11)14(17,18)12-9-5-2-6-10-12/h1,3-4,7-8,12H,2,5-6,9-10H2. The summed E-state index contributed by atoms with van der Waals surface area (Å²) in [7, 11) is 0. The van der Waals surface area contributed by atoms with E-state index in [1.807, 2.05) is 0 Å². The molecule has 1 aromatic carbocycles. The molecule has 0 bridgehead atoms. The number of alkyl halides is 4. The van der Waals surface area contributed by atoms with Gasteiger partial charge in [-0.3, -0.25) is 0 Å². The molecular weight excluding hydrogens is 244 g/mol. The average molecular weight is 260 g/mol. The molecule has 4 heteroatoms. The molecule has 1 aliphatic carbocycles. The Morgan fingerprint density at radius 3 is 1.94 bits per heavy atom. The van der Waals surface area contributed by atoms with Crippen LogP contribution in [0.1, 0.15) is 37.7 Å². The molecule has 100 valence electrons. The lowest BCUT2D eigenvalue weighted by Crippen LogP contribution is -2.45. The molecule has 1 aromatic rings. The summed E-state index contributed by atoms with van der Waals surface area (Å²) >= 11 is 0. The fourth-order valence-corrected chi connectivity index (χ4v) is 2.56. The van der Waals surface area contributed by atoms with Crippen LogP contribution in [0.4, 0.5) is 17.6 Å². The van der Waals surface area contributed by atoms with E-state index in [1.165, 1.54) is 12.1 Å². The van der Waals surface area contributed by atoms with Crippen molar-refractivity contribution in [2.75, 3.05) is 0 Å². The van der Waals surface area contributed by atoms with Crippen molar-refractivity contribution in [2.24, 2.45) is 5.92 Å². The maximum atomic E-state index is 14.0. The topological polar surface area (TPSA) is 0 Å². The van der Waals surface area contributed by atoms with Crippen LogP contribution in [0.5, 0.6) is 0 Å². The van der Waals surface area contributed by atoms with Crippen LogP contribution in [0, 0.1) is 5.92 Å². The molecule has 0 saturated heterocycles. The van der Waals surface area contributed by atoms with E-state index in [-0.39, 0.29) is 12.8 Å². The van der Waals surface area contributed by atoms with Gasteiger partial charge in [0.15, 0.2) is 0 Å². The third-order valence-electron chi connectivity index (χ3n) is 3.67. The zero-order valence-electron chi connectivity index (χ0n) is 10.0. The van der Waals surface area contributed by atoms with Crippen LogP contribution in [0.2, 0.25) is 0 Å². The molecule has 0 aliphatic heterocycles. The monoisotopic (exact) mass is 260 g/mol. The Labute approximate surface area is 104 Å². The molecule has 0 N–H and O–H groups in total. The first kappa shape index (κ1) is 13.4. The smallest absolute Gasteiger partial charge is 0.199 e. The SMILES string of the molecule is FC(F)(c1ccccc1)C(F)(F)C1CCCCC1. The first-order valence-corrected chi connectivity index (χ1v) is 6.27. The molecule has 18 heavy (non-hydrogen) atoms. The highest BCUT2D eigenvalue weighted by atomic mass is 19.3. The highest BCUT2D eigenvalue weighted by molar-refractivity contribution is 5.23. The summed E-state index contributed by atoms with van der Waals surface area (Å²) in [6.45, 7) is 0. The number of hydrogen-bond donors (Lipinski definition) is 0. The Morgan fingerprint density at radius 2 is 1.39 bits per heavy atom. The van der Waals surface area contributed by atoms with Crippen molar-refractivity contribution >= 4 is 0 Å². The molecule has 2 rings (SSSR count). The van der Waals surface area contributed by atoms with E-state index in [4.69, 9.17) is 0 Å². The van der Waals surface area contributed by atoms with Crippen molar-refractivity contribution in [1.29, 1.82) is 0 Å². The van der Waals surface area contributed by atoms with Crippen molar-refractivity contribution in [3.8, 4) is 0 Å². The Balaban J connectivity index is 2.27. The molecule has 0 amide bonds. The molecule has 0 heterocycles. The molecule has 0 spiro atoms. The molecule has 0 radical (unpaired) electrons. The van der Waals surface area contributed by atoms with Gasteiger partial charge in [0.1, 0.15) is 0 Å². The second-order valence-corrected chi connectivity index (χ2v) is 4.90. The van der Waals surface area contributed by atoms with Gasteiger partial charge in [-0.25, -0.2) is 0 Å². The van der Waals surface area contributed by atoms with Crippen LogP contribution in [0.3, 0.4) is 0 Å². The van der Waals surface area contributed by atoms with Gasteiger partial charge in [-0.1, -0.05) is 49.6 Å². The molecule has 1 fully saturated rings. The molecule has 0 aromatic heterocycles. The van der Waals surface area contributed by atoms with Gasteiger partial charge in [-0.2, -0.15) is 17.6 Å². The van der Waals surface area contributed by atoms with E-state index in [1.54, 1.807) is 6.07 Å². The van der Waals surface area contributed by atoms with Gasteiger partial charge in [0.2, 0.25) is 0 Å². The van der Waals surface area contributed by atoms with Crippen molar-refractivity contribution in [3.63, 3.8) is 0 Å². The molecule has 0 nitrogen and oxygen atoms in total. The van der Waals surface area contributed by atoms with Crippen molar-refractivity contribution < 1.29 is 17.6 Å². The summed E-state index contributed by atoms with van der Waals surface area (Å²) in [6, 6.07) is 6.40. The van der Waals surface area contributed by atoms with E-state index < -0.39 is 23.3 Å². The molecular formula is C14H16F4. The second kappa shape index (κ2) is 4.90. The van der Waals surface area contributed by atoms with Crippen LogP contribution in [-0.4, -0.2) is 5.92 Å². The van der Waals surface area contributed by atoms with Gasteiger partial charge < -0.3 is 0 Å². The molecule has 0 atom stereocenters. The summed E-state index contributed by atoms with van der Waals surface area (Å²) in [5.74, 6) is -9.26. The summed E-state index contributed by atoms with van der Waals surface area (Å²) in [4.78, 5) is 0. The van der Waals surface area contributed by atoms with Crippen molar-refractivity contribution in [1.82, 2.24) is 0 Å². The van der Waals surface area contributed by atoms with Gasteiger partial charge in [0, 0.05) is 11.5 Å². The quantitative estimate of drug-likeness (QED) is 0.671. The third-order valence-corrected chi connectivity index (χ3v) is 3.67. The zero-order valence-corrected chi connectivity index (χ0v) is 10.0. The van der Waals surface area contributed by atoms with Crippen LogP contribution < -0.4 is 0 Å². The van der Waals surface area contributed by atoms with E-state index in [0.717, 1.165) is 18.6 Å². The minimum Gasteiger partial charge on any atom is -0.199 e. The largest absolute Gasteiger partial charge is 0.335 e. The predicted octanol–water partition coefficient (Wildman–Crippen LogP) is 4.99. The maximum absolute atomic E-state index is 14.0. The predicted molar refractivity (Wildman–Crippen MR) is 61.9 cm³/mol. The van der Waals surface area contributed by atoms with Gasteiger partial charge in [0.05, 0.1) is 0 Å². The molecule has 1 aliphatic rings. The number of rotatable bonds is 3. The van der Waals surface area contributed by atoms with Gasteiger partial charge >= 0.3 is 11.8 Å². The first-order chi connectivity index (χ1) is 8.46. The third kappa shape index (κ3) is 2.25. The fourth-order valence-electron chi connectivity index (χ4n) is 2.56. The molecule has 1 saturated carbocycles. The molecule has 0 unspecified atom stereocenters. The fraction of sp³-hybridized carbons (Fsp3) is 0.571. The van der Waals surface area contributed by atoms with E-state index in [9.17, 15) is 17.6 Å². The van der Waals surface area contributed by atoms with Gasteiger partial charge in [0.25, 0.3) is 0 Å². The first-order valence-electron chi connectivity index (χ1n) is 6.27. The Bertz CT molecular complexity index is 380. The summed E-state index contributed by atoms with van der Waals surface area (Å²) < 4.78 is 56.0. The number of benzene rings is 1. The lowest BCUT2D eigenvalue weighted by atomic mass is 9.81.